The molecule has 2 rings (SSSR count). The number of nitrogens with zero attached hydrogens (tertiary/aromatic N) is 2. The summed E-state index contributed by atoms with van der Waals surface area (Å²) in [6.45, 7) is 0.552. The van der Waals surface area contributed by atoms with Crippen molar-refractivity contribution in [2.24, 2.45) is 0 Å². The molecule has 5 nitrogen and oxygen atoms in total. The van der Waals surface area contributed by atoms with Gasteiger partial charge in [0.25, 0.3) is 0 Å². The van der Waals surface area contributed by atoms with Gasteiger partial charge in [-0.1, -0.05) is 6.07 Å². The number of pyridine rings is 1. The van der Waals surface area contributed by atoms with Crippen molar-refractivity contribution < 1.29 is 9.90 Å². The van der Waals surface area contributed by atoms with Crippen LogP contribution < -0.4 is 10.2 Å². The smallest absolute Gasteiger partial charge is 0.337 e. The summed E-state index contributed by atoms with van der Waals surface area (Å²) in [6, 6.07) is 11.3. The Morgan fingerprint density at radius 1 is 1.30 bits per heavy atom. The van der Waals surface area contributed by atoms with Gasteiger partial charge in [-0.2, -0.15) is 0 Å². The summed E-state index contributed by atoms with van der Waals surface area (Å²) in [6.07, 6.45) is 1.37. The summed E-state index contributed by atoms with van der Waals surface area (Å²) in [5, 5.41) is 12.1. The summed E-state index contributed by atoms with van der Waals surface area (Å²) >= 11 is 0. The van der Waals surface area contributed by atoms with Crippen LogP contribution in [0, 0.1) is 0 Å². The Hall–Kier alpha value is -2.56. The number of rotatable bonds is 5. The maximum atomic E-state index is 10.7. The van der Waals surface area contributed by atoms with Gasteiger partial charge in [-0.3, -0.25) is 4.98 Å². The van der Waals surface area contributed by atoms with Crippen LogP contribution in [0.4, 0.5) is 11.4 Å². The van der Waals surface area contributed by atoms with E-state index in [0.29, 0.717) is 6.54 Å². The number of carbonyl (C=O) groups is 1. The zero-order valence-electron chi connectivity index (χ0n) is 11.5. The van der Waals surface area contributed by atoms with E-state index >= 15 is 0 Å². The molecule has 1 aromatic carbocycles. The van der Waals surface area contributed by atoms with Crippen LogP contribution in [0.2, 0.25) is 0 Å². The molecule has 0 spiro atoms. The van der Waals surface area contributed by atoms with Crippen molar-refractivity contribution in [3.63, 3.8) is 0 Å². The standard InChI is InChI=1S/C15H17N3O2/c1-18(2)14-5-3-4-12(8-14)17-10-13-7-6-11(9-16-13)15(19)20/h3-9,17H,10H2,1-2H3,(H,19,20). The average Bonchev–Trinajstić information content (AvgIpc) is 2.46. The molecular weight excluding hydrogens is 254 g/mol. The maximum Gasteiger partial charge on any atom is 0.337 e. The second-order valence-electron chi connectivity index (χ2n) is 4.64. The number of carboxylic acids is 1. The van der Waals surface area contributed by atoms with Crippen LogP contribution in [-0.4, -0.2) is 30.2 Å². The van der Waals surface area contributed by atoms with E-state index in [0.717, 1.165) is 17.1 Å². The highest BCUT2D eigenvalue weighted by atomic mass is 16.4. The first-order valence-corrected chi connectivity index (χ1v) is 6.26. The molecular formula is C15H17N3O2. The number of aromatic nitrogens is 1. The molecule has 1 heterocycles. The normalized spacial score (nSPS) is 10.1. The number of nitrogens with one attached hydrogen (secondary N) is 1. The van der Waals surface area contributed by atoms with Crippen LogP contribution in [0.5, 0.6) is 0 Å². The molecule has 2 aromatic rings. The molecule has 0 fully saturated rings. The van der Waals surface area contributed by atoms with E-state index in [4.69, 9.17) is 5.11 Å². The molecule has 0 aliphatic heterocycles. The Morgan fingerprint density at radius 3 is 2.70 bits per heavy atom. The van der Waals surface area contributed by atoms with E-state index < -0.39 is 5.97 Å². The quantitative estimate of drug-likeness (QED) is 0.874. The highest BCUT2D eigenvalue weighted by molar-refractivity contribution is 5.87. The molecule has 5 heteroatoms. The lowest BCUT2D eigenvalue weighted by molar-refractivity contribution is 0.0696. The topological polar surface area (TPSA) is 65.5 Å². The van der Waals surface area contributed by atoms with Gasteiger partial charge in [-0.15, -0.1) is 0 Å². The lowest BCUT2D eigenvalue weighted by Gasteiger charge is -2.14. The van der Waals surface area contributed by atoms with Gasteiger partial charge < -0.3 is 15.3 Å². The Morgan fingerprint density at radius 2 is 2.10 bits per heavy atom. The molecule has 0 saturated heterocycles. The van der Waals surface area contributed by atoms with Gasteiger partial charge in [-0.25, -0.2) is 4.79 Å². The highest BCUT2D eigenvalue weighted by Gasteiger charge is 2.03. The molecule has 0 amide bonds. The number of hydrogen-bond acceptors (Lipinski definition) is 4. The Bertz CT molecular complexity index is 594. The van der Waals surface area contributed by atoms with E-state index in [1.807, 2.05) is 43.3 Å². The third-order valence-electron chi connectivity index (χ3n) is 2.91. The van der Waals surface area contributed by atoms with E-state index in [1.54, 1.807) is 12.1 Å². The lowest BCUT2D eigenvalue weighted by atomic mass is 10.2. The molecule has 0 bridgehead atoms. The van der Waals surface area contributed by atoms with Crippen molar-refractivity contribution in [3.8, 4) is 0 Å². The average molecular weight is 271 g/mol. The van der Waals surface area contributed by atoms with Crippen molar-refractivity contribution in [2.45, 2.75) is 6.54 Å². The highest BCUT2D eigenvalue weighted by Crippen LogP contribution is 2.17. The predicted molar refractivity (Wildman–Crippen MR) is 79.3 cm³/mol. The van der Waals surface area contributed by atoms with Crippen LogP contribution in [0.3, 0.4) is 0 Å². The maximum absolute atomic E-state index is 10.7. The number of benzene rings is 1. The molecule has 1 aromatic heterocycles. The number of carboxylic acid groups (broad SMARTS) is 1. The van der Waals surface area contributed by atoms with Gasteiger partial charge in [-0.05, 0) is 30.3 Å². The second kappa shape index (κ2) is 6.06. The minimum absolute atomic E-state index is 0.198. The van der Waals surface area contributed by atoms with E-state index in [1.165, 1.54) is 6.20 Å². The summed E-state index contributed by atoms with van der Waals surface area (Å²) in [7, 11) is 3.98. The minimum atomic E-state index is -0.962. The summed E-state index contributed by atoms with van der Waals surface area (Å²) < 4.78 is 0. The zero-order chi connectivity index (χ0) is 14.5. The first-order chi connectivity index (χ1) is 9.56. The monoisotopic (exact) mass is 271 g/mol. The van der Waals surface area contributed by atoms with Gasteiger partial charge in [0.05, 0.1) is 17.8 Å². The molecule has 0 unspecified atom stereocenters. The summed E-state index contributed by atoms with van der Waals surface area (Å²) in [5.74, 6) is -0.962. The summed E-state index contributed by atoms with van der Waals surface area (Å²) in [5.41, 5.74) is 3.11. The first-order valence-electron chi connectivity index (χ1n) is 6.26. The fraction of sp³-hybridized carbons (Fsp3) is 0.200. The van der Waals surface area contributed by atoms with E-state index in [9.17, 15) is 4.79 Å². The molecule has 0 aliphatic rings. The van der Waals surface area contributed by atoms with E-state index in [2.05, 4.69) is 10.3 Å². The van der Waals surface area contributed by atoms with Crippen molar-refractivity contribution >= 4 is 17.3 Å². The van der Waals surface area contributed by atoms with Crippen LogP contribution >= 0.6 is 0 Å². The Labute approximate surface area is 117 Å². The number of hydrogen-bond donors (Lipinski definition) is 2. The molecule has 104 valence electrons. The Balaban J connectivity index is 2.01. The second-order valence-corrected chi connectivity index (χ2v) is 4.64. The van der Waals surface area contributed by atoms with Crippen molar-refractivity contribution in [1.29, 1.82) is 0 Å². The summed E-state index contributed by atoms with van der Waals surface area (Å²) in [4.78, 5) is 16.9. The van der Waals surface area contributed by atoms with Crippen LogP contribution in [0.25, 0.3) is 0 Å². The lowest BCUT2D eigenvalue weighted by Crippen LogP contribution is -2.09. The number of anilines is 2. The number of aromatic carboxylic acids is 1. The van der Waals surface area contributed by atoms with Gasteiger partial charge >= 0.3 is 5.97 Å². The predicted octanol–water partition coefficient (Wildman–Crippen LogP) is 2.46. The van der Waals surface area contributed by atoms with Crippen molar-refractivity contribution in [2.75, 3.05) is 24.3 Å². The zero-order valence-corrected chi connectivity index (χ0v) is 11.5. The molecule has 20 heavy (non-hydrogen) atoms. The molecule has 0 atom stereocenters. The SMILES string of the molecule is CN(C)c1cccc(NCc2ccc(C(=O)O)cn2)c1. The van der Waals surface area contributed by atoms with Gasteiger partial charge in [0.15, 0.2) is 0 Å². The third kappa shape index (κ3) is 3.47. The van der Waals surface area contributed by atoms with Crippen molar-refractivity contribution in [1.82, 2.24) is 4.98 Å². The van der Waals surface area contributed by atoms with Crippen LogP contribution in [-0.2, 0) is 6.54 Å². The third-order valence-corrected chi connectivity index (χ3v) is 2.91. The van der Waals surface area contributed by atoms with Gasteiger partial charge in [0.2, 0.25) is 0 Å². The fourth-order valence-corrected chi connectivity index (χ4v) is 1.74. The molecule has 2 N–H and O–H groups in total. The molecule has 0 radical (unpaired) electrons. The van der Waals surface area contributed by atoms with Crippen LogP contribution in [0.15, 0.2) is 42.6 Å². The van der Waals surface area contributed by atoms with Crippen molar-refractivity contribution in [3.05, 3.63) is 53.9 Å². The molecule has 0 aliphatic carbocycles. The Kier molecular flexibility index (Phi) is 4.20. The first kappa shape index (κ1) is 13.9. The van der Waals surface area contributed by atoms with Gasteiger partial charge in [0.1, 0.15) is 0 Å². The van der Waals surface area contributed by atoms with Crippen LogP contribution in [0.1, 0.15) is 16.1 Å². The fourth-order valence-electron chi connectivity index (χ4n) is 1.74. The van der Waals surface area contributed by atoms with Gasteiger partial charge in [0, 0.05) is 31.7 Å². The van der Waals surface area contributed by atoms with E-state index in [-0.39, 0.29) is 5.56 Å². The molecule has 0 saturated carbocycles. The largest absolute Gasteiger partial charge is 0.478 e. The minimum Gasteiger partial charge on any atom is -0.478 e.